The van der Waals surface area contributed by atoms with Crippen LogP contribution in [0.3, 0.4) is 0 Å². The second-order valence-electron chi connectivity index (χ2n) is 9.59. The molecule has 0 radical (unpaired) electrons. The highest BCUT2D eigenvalue weighted by atomic mass is 16.0. The molecule has 6 aromatic rings. The molecule has 6 rings (SSSR count). The fourth-order valence-electron chi connectivity index (χ4n) is 4.67. The second kappa shape index (κ2) is 13.0. The average molecular weight is 539 g/mol. The maximum Gasteiger partial charge on any atom is 0.0320 e. The van der Waals surface area contributed by atoms with E-state index in [4.69, 9.17) is 22.9 Å². The zero-order valence-corrected chi connectivity index (χ0v) is 22.7. The van der Waals surface area contributed by atoms with Gasteiger partial charge in [0.2, 0.25) is 0 Å². The molecule has 0 saturated heterocycles. The van der Waals surface area contributed by atoms with E-state index in [9.17, 15) is 0 Å². The van der Waals surface area contributed by atoms with Crippen molar-refractivity contribution in [2.24, 2.45) is 0 Å². The molecule has 0 aliphatic carbocycles. The van der Waals surface area contributed by atoms with Crippen molar-refractivity contribution in [3.05, 3.63) is 146 Å². The number of hydrogen-bond donors (Lipinski definition) is 4. The van der Waals surface area contributed by atoms with Crippen LogP contribution in [0.2, 0.25) is 0 Å². The first-order valence-electron chi connectivity index (χ1n) is 13.1. The van der Waals surface area contributed by atoms with Gasteiger partial charge in [-0.3, -0.25) is 0 Å². The van der Waals surface area contributed by atoms with E-state index < -0.39 is 0 Å². The summed E-state index contributed by atoms with van der Waals surface area (Å²) in [7, 11) is 0. The molecule has 41 heavy (non-hydrogen) atoms. The molecule has 0 aliphatic heterocycles. The third-order valence-electron chi connectivity index (χ3n) is 6.70. The van der Waals surface area contributed by atoms with E-state index in [0.29, 0.717) is 0 Å². The molecule has 0 heterocycles. The lowest BCUT2D eigenvalue weighted by atomic mass is 9.94. The summed E-state index contributed by atoms with van der Waals surface area (Å²) >= 11 is 0. The number of nitrogens with two attached hydrogens (primary N) is 4. The third-order valence-corrected chi connectivity index (χ3v) is 6.70. The van der Waals surface area contributed by atoms with Gasteiger partial charge in [-0.05, 0) is 93.0 Å². The number of rotatable bonds is 4. The van der Waals surface area contributed by atoms with Crippen molar-refractivity contribution >= 4 is 22.7 Å². The Morgan fingerprint density at radius 3 is 0.902 bits per heavy atom. The molecule has 0 bridgehead atoms. The van der Waals surface area contributed by atoms with Crippen LogP contribution in [0.4, 0.5) is 22.7 Å². The Morgan fingerprint density at radius 1 is 0.268 bits per heavy atom. The van der Waals surface area contributed by atoms with E-state index in [-0.39, 0.29) is 5.48 Å². The van der Waals surface area contributed by atoms with Gasteiger partial charge in [0.05, 0.1) is 0 Å². The van der Waals surface area contributed by atoms with Crippen LogP contribution in [-0.2, 0) is 0 Å². The van der Waals surface area contributed by atoms with Crippen LogP contribution in [0, 0.1) is 0 Å². The van der Waals surface area contributed by atoms with Crippen LogP contribution in [0.1, 0.15) is 0 Å². The summed E-state index contributed by atoms with van der Waals surface area (Å²) in [6, 6.07) is 48.3. The van der Waals surface area contributed by atoms with Crippen LogP contribution < -0.4 is 22.9 Å². The highest BCUT2D eigenvalue weighted by Crippen LogP contribution is 2.35. The molecule has 0 atom stereocenters. The summed E-state index contributed by atoms with van der Waals surface area (Å²) in [5.41, 5.74) is 35.7. The van der Waals surface area contributed by atoms with Crippen molar-refractivity contribution in [3.8, 4) is 44.5 Å². The lowest BCUT2D eigenvalue weighted by Gasteiger charge is -2.11. The number of hydrogen-bond acceptors (Lipinski definition) is 4. The first-order valence-corrected chi connectivity index (χ1v) is 13.1. The Labute approximate surface area is 241 Å². The molecular formula is C36H34N4O. The summed E-state index contributed by atoms with van der Waals surface area (Å²) in [5, 5.41) is 0. The number of nitrogen functional groups attached to an aromatic ring is 4. The second-order valence-corrected chi connectivity index (χ2v) is 9.59. The smallest absolute Gasteiger partial charge is 0.0320 e. The van der Waals surface area contributed by atoms with Crippen molar-refractivity contribution in [3.63, 3.8) is 0 Å². The van der Waals surface area contributed by atoms with E-state index in [1.165, 1.54) is 0 Å². The van der Waals surface area contributed by atoms with Gasteiger partial charge in [-0.25, -0.2) is 0 Å². The Balaban J connectivity index is 0.000000184. The highest BCUT2D eigenvalue weighted by molar-refractivity contribution is 5.87. The Bertz CT molecular complexity index is 1570. The fraction of sp³-hybridized carbons (Fsp3) is 0. The van der Waals surface area contributed by atoms with E-state index >= 15 is 0 Å². The molecule has 0 fully saturated rings. The van der Waals surface area contributed by atoms with Crippen molar-refractivity contribution in [1.29, 1.82) is 0 Å². The summed E-state index contributed by atoms with van der Waals surface area (Å²) in [6.07, 6.45) is 0. The van der Waals surface area contributed by atoms with Crippen molar-refractivity contribution in [1.82, 2.24) is 0 Å². The van der Waals surface area contributed by atoms with E-state index in [0.717, 1.165) is 67.3 Å². The van der Waals surface area contributed by atoms with Gasteiger partial charge >= 0.3 is 0 Å². The maximum absolute atomic E-state index is 5.95. The van der Waals surface area contributed by atoms with E-state index in [1.54, 1.807) is 0 Å². The fourth-order valence-corrected chi connectivity index (χ4v) is 4.67. The standard InChI is InChI=1S/2C18H16N2.H2O/c2*19-15-8-6-14(7-9-15)17-11-10-16(20)12-18(17)13-4-2-1-3-5-13;/h2*1-12H,19-20H2;1H2. The molecule has 10 N–H and O–H groups in total. The van der Waals surface area contributed by atoms with Crippen LogP contribution >= 0.6 is 0 Å². The molecular weight excluding hydrogens is 504 g/mol. The first kappa shape index (κ1) is 28.5. The van der Waals surface area contributed by atoms with Crippen LogP contribution in [0.5, 0.6) is 0 Å². The Morgan fingerprint density at radius 2 is 0.561 bits per heavy atom. The van der Waals surface area contributed by atoms with Crippen LogP contribution in [0.15, 0.2) is 146 Å². The van der Waals surface area contributed by atoms with Crippen molar-refractivity contribution < 1.29 is 5.48 Å². The predicted octanol–water partition coefficient (Wildman–Crippen LogP) is 7.55. The van der Waals surface area contributed by atoms with Gasteiger partial charge in [0.1, 0.15) is 0 Å². The van der Waals surface area contributed by atoms with Gasteiger partial charge < -0.3 is 28.4 Å². The summed E-state index contributed by atoms with van der Waals surface area (Å²) in [5.74, 6) is 0. The quantitative estimate of drug-likeness (QED) is 0.172. The Hall–Kier alpha value is -5.52. The number of benzene rings is 6. The van der Waals surface area contributed by atoms with Gasteiger partial charge in [0.25, 0.3) is 0 Å². The molecule has 204 valence electrons. The lowest BCUT2D eigenvalue weighted by Crippen LogP contribution is -1.90. The normalized spacial score (nSPS) is 10.1. The average Bonchev–Trinajstić information content (AvgIpc) is 2.99. The number of anilines is 4. The lowest BCUT2D eigenvalue weighted by molar-refractivity contribution is 0.824. The molecule has 6 aromatic carbocycles. The molecule has 5 heteroatoms. The van der Waals surface area contributed by atoms with E-state index in [1.807, 2.05) is 109 Å². The molecule has 0 saturated carbocycles. The summed E-state index contributed by atoms with van der Waals surface area (Å²) in [4.78, 5) is 0. The van der Waals surface area contributed by atoms with Gasteiger partial charge in [-0.1, -0.05) is 97.1 Å². The van der Waals surface area contributed by atoms with Gasteiger partial charge in [-0.2, -0.15) is 0 Å². The van der Waals surface area contributed by atoms with Gasteiger partial charge in [0, 0.05) is 22.7 Å². The first-order chi connectivity index (χ1) is 19.5. The van der Waals surface area contributed by atoms with Crippen molar-refractivity contribution in [2.45, 2.75) is 0 Å². The van der Waals surface area contributed by atoms with E-state index in [2.05, 4.69) is 36.4 Å². The largest absolute Gasteiger partial charge is 0.412 e. The van der Waals surface area contributed by atoms with Gasteiger partial charge in [0.15, 0.2) is 0 Å². The maximum atomic E-state index is 5.95. The van der Waals surface area contributed by atoms with Crippen LogP contribution in [0.25, 0.3) is 44.5 Å². The van der Waals surface area contributed by atoms with Crippen LogP contribution in [-0.4, -0.2) is 5.48 Å². The topological polar surface area (TPSA) is 136 Å². The molecule has 0 amide bonds. The Kier molecular flexibility index (Phi) is 9.05. The molecule has 0 unspecified atom stereocenters. The molecule has 0 aromatic heterocycles. The third kappa shape index (κ3) is 6.92. The SMILES string of the molecule is Nc1ccc(-c2ccc(N)cc2-c2ccccc2)cc1.Nc1ccc(-c2ccc(N)cc2-c2ccccc2)cc1.O. The minimum Gasteiger partial charge on any atom is -0.412 e. The predicted molar refractivity (Wildman–Crippen MR) is 176 cm³/mol. The minimum atomic E-state index is 0. The minimum absolute atomic E-state index is 0. The summed E-state index contributed by atoms with van der Waals surface area (Å²) < 4.78 is 0. The summed E-state index contributed by atoms with van der Waals surface area (Å²) in [6.45, 7) is 0. The van der Waals surface area contributed by atoms with Crippen molar-refractivity contribution in [2.75, 3.05) is 22.9 Å². The molecule has 5 nitrogen and oxygen atoms in total. The zero-order valence-electron chi connectivity index (χ0n) is 22.7. The monoisotopic (exact) mass is 538 g/mol. The van der Waals surface area contributed by atoms with Gasteiger partial charge in [-0.15, -0.1) is 0 Å². The molecule has 0 spiro atoms. The molecule has 0 aliphatic rings. The zero-order chi connectivity index (χ0) is 27.9. The highest BCUT2D eigenvalue weighted by Gasteiger charge is 2.09.